The standard InChI is InChI=1S/C19H18N4O3/c1-26-16-9-5-4-8-15(16)20-19(25)12-10-17(24)23(11-12)18-13-6-2-3-7-14(13)21-22-18/h2-9,12H,10-11H2,1H3,(H,20,25)(H,21,22). The number of anilines is 2. The number of methoxy groups -OCH3 is 1. The van der Waals surface area contributed by atoms with Crippen molar-refractivity contribution in [1.82, 2.24) is 10.2 Å². The smallest absolute Gasteiger partial charge is 0.229 e. The number of carbonyl (C=O) groups excluding carboxylic acids is 2. The van der Waals surface area contributed by atoms with E-state index in [-0.39, 0.29) is 18.2 Å². The number of rotatable bonds is 4. The SMILES string of the molecule is COc1ccccc1NC(=O)C1CC(=O)N(c2n[nH]c3ccccc23)C1. The first-order valence-corrected chi connectivity index (χ1v) is 8.34. The maximum atomic E-state index is 12.6. The van der Waals surface area contributed by atoms with Crippen LogP contribution >= 0.6 is 0 Å². The molecule has 0 saturated carbocycles. The van der Waals surface area contributed by atoms with E-state index >= 15 is 0 Å². The van der Waals surface area contributed by atoms with Crippen LogP contribution in [-0.4, -0.2) is 35.7 Å². The number of carbonyl (C=O) groups is 2. The predicted octanol–water partition coefficient (Wildman–Crippen LogP) is 2.56. The average Bonchev–Trinajstić information content (AvgIpc) is 3.25. The van der Waals surface area contributed by atoms with E-state index in [2.05, 4.69) is 15.5 Å². The van der Waals surface area contributed by atoms with Crippen molar-refractivity contribution in [3.63, 3.8) is 0 Å². The zero-order chi connectivity index (χ0) is 18.1. The molecule has 1 aromatic heterocycles. The van der Waals surface area contributed by atoms with E-state index in [9.17, 15) is 9.59 Å². The van der Waals surface area contributed by atoms with E-state index < -0.39 is 5.92 Å². The van der Waals surface area contributed by atoms with Crippen molar-refractivity contribution >= 4 is 34.2 Å². The van der Waals surface area contributed by atoms with Crippen LogP contribution in [0.25, 0.3) is 10.9 Å². The highest BCUT2D eigenvalue weighted by Crippen LogP contribution is 2.31. The summed E-state index contributed by atoms with van der Waals surface area (Å²) in [4.78, 5) is 26.7. The molecule has 7 nitrogen and oxygen atoms in total. The molecule has 3 aromatic rings. The molecule has 0 aliphatic carbocycles. The number of hydrogen-bond acceptors (Lipinski definition) is 4. The maximum absolute atomic E-state index is 12.6. The van der Waals surface area contributed by atoms with Gasteiger partial charge in [-0.15, -0.1) is 0 Å². The molecule has 1 atom stereocenters. The second kappa shape index (κ2) is 6.51. The topological polar surface area (TPSA) is 87.3 Å². The van der Waals surface area contributed by atoms with Gasteiger partial charge in [-0.05, 0) is 24.3 Å². The molecule has 1 saturated heterocycles. The van der Waals surface area contributed by atoms with Gasteiger partial charge in [0.1, 0.15) is 5.75 Å². The Morgan fingerprint density at radius 1 is 1.23 bits per heavy atom. The lowest BCUT2D eigenvalue weighted by molar-refractivity contribution is -0.122. The van der Waals surface area contributed by atoms with Gasteiger partial charge < -0.3 is 10.1 Å². The number of fused-ring (bicyclic) bond motifs is 1. The average molecular weight is 350 g/mol. The second-order valence-corrected chi connectivity index (χ2v) is 6.19. The zero-order valence-electron chi connectivity index (χ0n) is 14.2. The lowest BCUT2D eigenvalue weighted by atomic mass is 10.1. The number of aromatic amines is 1. The molecule has 26 heavy (non-hydrogen) atoms. The number of aromatic nitrogens is 2. The van der Waals surface area contributed by atoms with Crippen LogP contribution in [0.3, 0.4) is 0 Å². The van der Waals surface area contributed by atoms with E-state index in [0.29, 0.717) is 23.8 Å². The third-order valence-corrected chi connectivity index (χ3v) is 4.57. The quantitative estimate of drug-likeness (QED) is 0.757. The lowest BCUT2D eigenvalue weighted by Gasteiger charge is -2.15. The minimum atomic E-state index is -0.442. The van der Waals surface area contributed by atoms with Crippen molar-refractivity contribution in [3.8, 4) is 5.75 Å². The van der Waals surface area contributed by atoms with Gasteiger partial charge in [-0.1, -0.05) is 24.3 Å². The van der Waals surface area contributed by atoms with E-state index in [1.54, 1.807) is 24.1 Å². The molecule has 0 bridgehead atoms. The Balaban J connectivity index is 1.53. The Morgan fingerprint density at radius 3 is 2.85 bits per heavy atom. The molecule has 1 aliphatic rings. The highest BCUT2D eigenvalue weighted by molar-refractivity contribution is 6.07. The number of benzene rings is 2. The summed E-state index contributed by atoms with van der Waals surface area (Å²) >= 11 is 0. The van der Waals surface area contributed by atoms with Crippen LogP contribution in [0, 0.1) is 5.92 Å². The van der Waals surface area contributed by atoms with E-state index in [0.717, 1.165) is 10.9 Å². The van der Waals surface area contributed by atoms with Crippen molar-refractivity contribution in [2.45, 2.75) is 6.42 Å². The van der Waals surface area contributed by atoms with Crippen LogP contribution in [0.5, 0.6) is 5.75 Å². The summed E-state index contributed by atoms with van der Waals surface area (Å²) < 4.78 is 5.25. The highest BCUT2D eigenvalue weighted by atomic mass is 16.5. The fourth-order valence-corrected chi connectivity index (χ4v) is 3.23. The molecule has 0 radical (unpaired) electrons. The van der Waals surface area contributed by atoms with Crippen molar-refractivity contribution in [3.05, 3.63) is 48.5 Å². The van der Waals surface area contributed by atoms with E-state index in [1.807, 2.05) is 36.4 Å². The molecular weight excluding hydrogens is 332 g/mol. The number of amides is 2. The van der Waals surface area contributed by atoms with Gasteiger partial charge in [0.05, 0.1) is 24.2 Å². The first kappa shape index (κ1) is 16.1. The monoisotopic (exact) mass is 350 g/mol. The van der Waals surface area contributed by atoms with Crippen LogP contribution in [0.4, 0.5) is 11.5 Å². The summed E-state index contributed by atoms with van der Waals surface area (Å²) in [5.41, 5.74) is 1.45. The molecular formula is C19H18N4O3. The summed E-state index contributed by atoms with van der Waals surface area (Å²) in [7, 11) is 1.55. The van der Waals surface area contributed by atoms with Gasteiger partial charge in [0.2, 0.25) is 11.8 Å². The Morgan fingerprint density at radius 2 is 2.00 bits per heavy atom. The molecule has 132 valence electrons. The first-order chi connectivity index (χ1) is 12.7. The Labute approximate surface area is 149 Å². The Bertz CT molecular complexity index is 982. The first-order valence-electron chi connectivity index (χ1n) is 8.34. The van der Waals surface area contributed by atoms with Gasteiger partial charge in [0.25, 0.3) is 0 Å². The number of nitrogens with zero attached hydrogens (tertiary/aromatic N) is 2. The minimum Gasteiger partial charge on any atom is -0.495 e. The van der Waals surface area contributed by atoms with Gasteiger partial charge in [0, 0.05) is 18.4 Å². The Kier molecular flexibility index (Phi) is 4.04. The summed E-state index contributed by atoms with van der Waals surface area (Å²) in [5, 5.41) is 10.9. The molecule has 2 aromatic carbocycles. The molecule has 7 heteroatoms. The number of hydrogen-bond donors (Lipinski definition) is 2. The molecule has 2 heterocycles. The van der Waals surface area contributed by atoms with Crippen LogP contribution in [0.1, 0.15) is 6.42 Å². The van der Waals surface area contributed by atoms with Crippen LogP contribution in [0.2, 0.25) is 0 Å². The number of nitrogens with one attached hydrogen (secondary N) is 2. The summed E-state index contributed by atoms with van der Waals surface area (Å²) in [5.74, 6) is 0.397. The maximum Gasteiger partial charge on any atom is 0.229 e. The Hall–Kier alpha value is -3.35. The van der Waals surface area contributed by atoms with Gasteiger partial charge in [-0.25, -0.2) is 0 Å². The molecule has 1 unspecified atom stereocenters. The summed E-state index contributed by atoms with van der Waals surface area (Å²) in [6, 6.07) is 14.8. The second-order valence-electron chi connectivity index (χ2n) is 6.19. The molecule has 2 amide bonds. The lowest BCUT2D eigenvalue weighted by Crippen LogP contribution is -2.28. The highest BCUT2D eigenvalue weighted by Gasteiger charge is 2.37. The van der Waals surface area contributed by atoms with Crippen molar-refractivity contribution < 1.29 is 14.3 Å². The normalized spacial score (nSPS) is 16.9. The van der Waals surface area contributed by atoms with Crippen LogP contribution < -0.4 is 15.0 Å². The minimum absolute atomic E-state index is 0.109. The number of ether oxygens (including phenoxy) is 1. The van der Waals surface area contributed by atoms with E-state index in [1.165, 1.54) is 0 Å². The van der Waals surface area contributed by atoms with Crippen LogP contribution in [0.15, 0.2) is 48.5 Å². The van der Waals surface area contributed by atoms with Gasteiger partial charge >= 0.3 is 0 Å². The molecule has 4 rings (SSSR count). The van der Waals surface area contributed by atoms with Crippen molar-refractivity contribution in [1.29, 1.82) is 0 Å². The fourth-order valence-electron chi connectivity index (χ4n) is 3.23. The number of para-hydroxylation sites is 3. The molecule has 2 N–H and O–H groups in total. The third kappa shape index (κ3) is 2.77. The van der Waals surface area contributed by atoms with Gasteiger partial charge in [0.15, 0.2) is 5.82 Å². The molecule has 1 aliphatic heterocycles. The molecule has 0 spiro atoms. The van der Waals surface area contributed by atoms with Crippen molar-refractivity contribution in [2.75, 3.05) is 23.9 Å². The molecule has 1 fully saturated rings. The fraction of sp³-hybridized carbons (Fsp3) is 0.211. The van der Waals surface area contributed by atoms with Crippen LogP contribution in [-0.2, 0) is 9.59 Å². The number of H-pyrrole nitrogens is 1. The van der Waals surface area contributed by atoms with Gasteiger partial charge in [-0.2, -0.15) is 5.10 Å². The summed E-state index contributed by atoms with van der Waals surface area (Å²) in [6.45, 7) is 0.300. The van der Waals surface area contributed by atoms with Crippen molar-refractivity contribution in [2.24, 2.45) is 5.92 Å². The van der Waals surface area contributed by atoms with E-state index in [4.69, 9.17) is 4.74 Å². The zero-order valence-corrected chi connectivity index (χ0v) is 14.2. The summed E-state index contributed by atoms with van der Waals surface area (Å²) in [6.07, 6.45) is 0.155. The third-order valence-electron chi connectivity index (χ3n) is 4.57. The largest absolute Gasteiger partial charge is 0.495 e. The predicted molar refractivity (Wildman–Crippen MR) is 98.2 cm³/mol. The van der Waals surface area contributed by atoms with Gasteiger partial charge in [-0.3, -0.25) is 19.6 Å².